The Hall–Kier alpha value is -0.690. The summed E-state index contributed by atoms with van der Waals surface area (Å²) in [5.74, 6) is 0.626. The van der Waals surface area contributed by atoms with Gasteiger partial charge in [0.1, 0.15) is 5.40 Å². The van der Waals surface area contributed by atoms with Gasteiger partial charge in [-0.2, -0.15) is 5.26 Å². The summed E-state index contributed by atoms with van der Waals surface area (Å²) >= 11 is 1.23. The summed E-state index contributed by atoms with van der Waals surface area (Å²) in [6.07, 6.45) is 1.63. The number of thioether (sulfide) groups is 1. The number of rotatable bonds is 6. The van der Waals surface area contributed by atoms with Crippen LogP contribution in [0.4, 0.5) is 0 Å². The number of carbonyl (C=O) groups excluding carboxylic acids is 1. The van der Waals surface area contributed by atoms with Crippen LogP contribution in [0.15, 0.2) is 0 Å². The fourth-order valence-corrected chi connectivity index (χ4v) is 1.44. The first-order chi connectivity index (χ1) is 6.54. The van der Waals surface area contributed by atoms with Crippen LogP contribution in [0.1, 0.15) is 33.6 Å². The second-order valence-corrected chi connectivity index (χ2v) is 4.53. The molecule has 3 nitrogen and oxygen atoms in total. The third-order valence-corrected chi connectivity index (χ3v) is 2.56. The maximum Gasteiger partial charge on any atom is 0.311 e. The van der Waals surface area contributed by atoms with Crippen LogP contribution in [0.3, 0.4) is 0 Å². The Bertz CT molecular complexity index is 221. The minimum atomic E-state index is -0.425. The summed E-state index contributed by atoms with van der Waals surface area (Å²) < 4.78 is 4.95. The lowest BCUT2D eigenvalue weighted by Crippen LogP contribution is -2.26. The molecule has 0 bridgehead atoms. The zero-order valence-corrected chi connectivity index (χ0v) is 9.82. The highest BCUT2D eigenvalue weighted by Crippen LogP contribution is 2.24. The molecule has 0 rings (SSSR count). The van der Waals surface area contributed by atoms with Crippen LogP contribution in [0.2, 0.25) is 0 Å². The van der Waals surface area contributed by atoms with Crippen LogP contribution in [-0.4, -0.2) is 18.3 Å². The van der Waals surface area contributed by atoms with Crippen LogP contribution in [-0.2, 0) is 9.53 Å². The summed E-state index contributed by atoms with van der Waals surface area (Å²) in [7, 11) is 0. The fraction of sp³-hybridized carbons (Fsp3) is 0.800. The van der Waals surface area contributed by atoms with Crippen molar-refractivity contribution in [2.45, 2.75) is 33.6 Å². The second kappa shape index (κ2) is 6.72. The van der Waals surface area contributed by atoms with Gasteiger partial charge in [0.25, 0.3) is 0 Å². The molecule has 4 heteroatoms. The van der Waals surface area contributed by atoms with Crippen molar-refractivity contribution >= 4 is 17.7 Å². The molecule has 0 spiro atoms. The van der Waals surface area contributed by atoms with Gasteiger partial charge in [-0.15, -0.1) is 0 Å². The van der Waals surface area contributed by atoms with Gasteiger partial charge >= 0.3 is 5.97 Å². The van der Waals surface area contributed by atoms with E-state index in [9.17, 15) is 4.79 Å². The topological polar surface area (TPSA) is 50.1 Å². The van der Waals surface area contributed by atoms with Crippen molar-refractivity contribution < 1.29 is 9.53 Å². The number of hydrogen-bond acceptors (Lipinski definition) is 4. The monoisotopic (exact) mass is 215 g/mol. The minimum Gasteiger partial charge on any atom is -0.466 e. The number of nitrogens with zero attached hydrogens (tertiary/aromatic N) is 1. The molecule has 0 N–H and O–H groups in total. The van der Waals surface area contributed by atoms with Gasteiger partial charge in [0, 0.05) is 5.75 Å². The van der Waals surface area contributed by atoms with Gasteiger partial charge in [-0.3, -0.25) is 4.79 Å². The lowest BCUT2D eigenvalue weighted by Gasteiger charge is -2.21. The van der Waals surface area contributed by atoms with Crippen molar-refractivity contribution in [2.24, 2.45) is 5.41 Å². The van der Waals surface area contributed by atoms with Crippen LogP contribution in [0.5, 0.6) is 0 Å². The highest BCUT2D eigenvalue weighted by atomic mass is 32.2. The van der Waals surface area contributed by atoms with Crippen molar-refractivity contribution in [1.82, 2.24) is 0 Å². The van der Waals surface area contributed by atoms with Crippen LogP contribution in [0.25, 0.3) is 0 Å². The predicted molar refractivity (Wildman–Crippen MR) is 57.7 cm³/mol. The molecule has 0 aliphatic heterocycles. The summed E-state index contributed by atoms with van der Waals surface area (Å²) in [6, 6.07) is 0. The van der Waals surface area contributed by atoms with Crippen molar-refractivity contribution in [3.8, 4) is 5.40 Å². The molecular weight excluding hydrogens is 198 g/mol. The standard InChI is InChI=1S/C10H17NO2S/c1-4-13-9(12)10(2,3)6-5-7-14-8-11/h4-7H2,1-3H3. The molecule has 0 unspecified atom stereocenters. The Morgan fingerprint density at radius 3 is 2.71 bits per heavy atom. The van der Waals surface area contributed by atoms with E-state index in [0.29, 0.717) is 6.61 Å². The first-order valence-electron chi connectivity index (χ1n) is 4.72. The van der Waals surface area contributed by atoms with Gasteiger partial charge in [-0.1, -0.05) is 0 Å². The molecule has 0 saturated heterocycles. The molecule has 0 radical (unpaired) electrons. The number of esters is 1. The van der Waals surface area contributed by atoms with Gasteiger partial charge in [-0.05, 0) is 45.4 Å². The Kier molecular flexibility index (Phi) is 6.39. The Morgan fingerprint density at radius 2 is 2.21 bits per heavy atom. The molecule has 0 saturated carbocycles. The van der Waals surface area contributed by atoms with E-state index in [1.54, 1.807) is 6.92 Å². The largest absolute Gasteiger partial charge is 0.466 e. The highest BCUT2D eigenvalue weighted by Gasteiger charge is 2.28. The van der Waals surface area contributed by atoms with E-state index in [1.807, 2.05) is 19.2 Å². The zero-order valence-electron chi connectivity index (χ0n) is 9.00. The van der Waals surface area contributed by atoms with Crippen molar-refractivity contribution in [3.63, 3.8) is 0 Å². The second-order valence-electron chi connectivity index (χ2n) is 3.65. The molecule has 80 valence electrons. The van der Waals surface area contributed by atoms with Crippen molar-refractivity contribution in [2.75, 3.05) is 12.4 Å². The van der Waals surface area contributed by atoms with E-state index >= 15 is 0 Å². The molecule has 0 atom stereocenters. The first-order valence-corrected chi connectivity index (χ1v) is 5.71. The van der Waals surface area contributed by atoms with Crippen molar-refractivity contribution in [3.05, 3.63) is 0 Å². The van der Waals surface area contributed by atoms with Gasteiger partial charge in [0.05, 0.1) is 12.0 Å². The van der Waals surface area contributed by atoms with E-state index in [4.69, 9.17) is 10.00 Å². The molecule has 0 aromatic carbocycles. The Labute approximate surface area is 89.8 Å². The molecule has 0 amide bonds. The van der Waals surface area contributed by atoms with Crippen LogP contribution in [0, 0.1) is 16.1 Å². The first kappa shape index (κ1) is 13.3. The molecule has 0 fully saturated rings. The van der Waals surface area contributed by atoms with Gasteiger partial charge < -0.3 is 4.74 Å². The molecular formula is C10H17NO2S. The van der Waals surface area contributed by atoms with E-state index in [-0.39, 0.29) is 5.97 Å². The highest BCUT2D eigenvalue weighted by molar-refractivity contribution is 8.03. The SMILES string of the molecule is CCOC(=O)C(C)(C)CCCSC#N. The van der Waals surface area contributed by atoms with E-state index in [2.05, 4.69) is 0 Å². The summed E-state index contributed by atoms with van der Waals surface area (Å²) in [6.45, 7) is 5.98. The zero-order chi connectivity index (χ0) is 11.0. The van der Waals surface area contributed by atoms with Crippen LogP contribution >= 0.6 is 11.8 Å². The third-order valence-electron chi connectivity index (χ3n) is 1.94. The number of nitriles is 1. The number of carbonyl (C=O) groups is 1. The number of hydrogen-bond donors (Lipinski definition) is 0. The summed E-state index contributed by atoms with van der Waals surface area (Å²) in [5.41, 5.74) is -0.425. The molecule has 0 aromatic rings. The Balaban J connectivity index is 3.83. The van der Waals surface area contributed by atoms with Gasteiger partial charge in [0.2, 0.25) is 0 Å². The minimum absolute atomic E-state index is 0.151. The van der Waals surface area contributed by atoms with Gasteiger partial charge in [0.15, 0.2) is 0 Å². The van der Waals surface area contributed by atoms with E-state index in [1.165, 1.54) is 11.8 Å². The van der Waals surface area contributed by atoms with E-state index in [0.717, 1.165) is 18.6 Å². The van der Waals surface area contributed by atoms with E-state index < -0.39 is 5.41 Å². The smallest absolute Gasteiger partial charge is 0.311 e. The molecule has 0 aliphatic carbocycles. The predicted octanol–water partition coefficient (Wildman–Crippen LogP) is 2.57. The molecule has 14 heavy (non-hydrogen) atoms. The fourth-order valence-electron chi connectivity index (χ4n) is 1.06. The maximum atomic E-state index is 11.4. The summed E-state index contributed by atoms with van der Waals surface area (Å²) in [4.78, 5) is 11.4. The number of ether oxygens (including phenoxy) is 1. The molecule has 0 aromatic heterocycles. The Morgan fingerprint density at radius 1 is 1.57 bits per heavy atom. The van der Waals surface area contributed by atoms with Crippen LogP contribution < -0.4 is 0 Å². The quantitative estimate of drug-likeness (QED) is 0.388. The lowest BCUT2D eigenvalue weighted by atomic mass is 9.88. The summed E-state index contributed by atoms with van der Waals surface area (Å²) in [5, 5.41) is 10.3. The average molecular weight is 215 g/mol. The number of thiocyanates is 1. The maximum absolute atomic E-state index is 11.4. The van der Waals surface area contributed by atoms with Gasteiger partial charge in [-0.25, -0.2) is 0 Å². The van der Waals surface area contributed by atoms with Crippen molar-refractivity contribution in [1.29, 1.82) is 5.26 Å². The molecule has 0 heterocycles. The average Bonchev–Trinajstić information content (AvgIpc) is 2.13. The third kappa shape index (κ3) is 5.13. The normalized spacial score (nSPS) is 10.7. The lowest BCUT2D eigenvalue weighted by molar-refractivity contribution is -0.153. The molecule has 0 aliphatic rings.